The van der Waals surface area contributed by atoms with E-state index in [1.54, 1.807) is 16.7 Å². The number of hydrogen-bond acceptors (Lipinski definition) is 6. The van der Waals surface area contributed by atoms with Crippen LogP contribution in [-0.4, -0.2) is 88.8 Å². The first-order valence-corrected chi connectivity index (χ1v) is 15.1. The summed E-state index contributed by atoms with van der Waals surface area (Å²) in [6, 6.07) is 5.80. The van der Waals surface area contributed by atoms with Gasteiger partial charge in [-0.25, -0.2) is 0 Å². The fourth-order valence-electron chi connectivity index (χ4n) is 7.18. The fraction of sp³-hybridized carbons (Fsp3) is 0.594. The summed E-state index contributed by atoms with van der Waals surface area (Å²) in [5, 5.41) is 10.2. The highest BCUT2D eigenvalue weighted by molar-refractivity contribution is 6.04. The normalized spacial score (nSPS) is 31.6. The molecule has 3 amide bonds. The van der Waals surface area contributed by atoms with Crippen molar-refractivity contribution in [3.05, 3.63) is 48.6 Å². The second-order valence-corrected chi connectivity index (χ2v) is 11.6. The van der Waals surface area contributed by atoms with Gasteiger partial charge in [-0.15, -0.1) is 0 Å². The minimum absolute atomic E-state index is 0.190. The van der Waals surface area contributed by atoms with E-state index in [0.29, 0.717) is 44.1 Å². The average molecular weight is 566 g/mol. The first kappa shape index (κ1) is 29.3. The molecule has 0 aliphatic carbocycles. The first-order valence-electron chi connectivity index (χ1n) is 15.1. The highest BCUT2D eigenvalue weighted by Gasteiger charge is 2.75. The Morgan fingerprint density at radius 1 is 0.976 bits per heavy atom. The lowest BCUT2D eigenvalue weighted by molar-refractivity contribution is -0.155. The predicted octanol–water partition coefficient (Wildman–Crippen LogP) is 3.32. The van der Waals surface area contributed by atoms with E-state index in [-0.39, 0.29) is 24.3 Å². The van der Waals surface area contributed by atoms with E-state index in [1.165, 1.54) is 4.90 Å². The van der Waals surface area contributed by atoms with Crippen molar-refractivity contribution in [1.82, 2.24) is 9.80 Å². The van der Waals surface area contributed by atoms with Crippen molar-refractivity contribution in [2.75, 3.05) is 37.7 Å². The predicted molar refractivity (Wildman–Crippen MR) is 155 cm³/mol. The van der Waals surface area contributed by atoms with Crippen molar-refractivity contribution in [1.29, 1.82) is 0 Å². The zero-order chi connectivity index (χ0) is 29.4. The third-order valence-electron chi connectivity index (χ3n) is 9.19. The maximum absolute atomic E-state index is 14.5. The summed E-state index contributed by atoms with van der Waals surface area (Å²) in [4.78, 5) is 48.2. The molecule has 0 radical (unpaired) electrons. The minimum atomic E-state index is -1.32. The zero-order valence-corrected chi connectivity index (χ0v) is 24.6. The van der Waals surface area contributed by atoms with Crippen LogP contribution in [0.1, 0.15) is 53.4 Å². The Hall–Kier alpha value is -3.17. The van der Waals surface area contributed by atoms with Gasteiger partial charge in [0.1, 0.15) is 17.4 Å². The number of benzene rings is 1. The van der Waals surface area contributed by atoms with Crippen molar-refractivity contribution in [2.24, 2.45) is 11.8 Å². The van der Waals surface area contributed by atoms with Gasteiger partial charge in [-0.1, -0.05) is 51.0 Å². The minimum Gasteiger partial charge on any atom is -0.494 e. The Balaban J connectivity index is 1.59. The van der Waals surface area contributed by atoms with Crippen LogP contribution in [0.2, 0.25) is 0 Å². The van der Waals surface area contributed by atoms with E-state index in [2.05, 4.69) is 6.92 Å². The smallest absolute Gasteiger partial charge is 0.249 e. The molecule has 0 bridgehead atoms. The summed E-state index contributed by atoms with van der Waals surface area (Å²) < 4.78 is 12.6. The second-order valence-electron chi connectivity index (χ2n) is 11.6. The molecule has 9 nitrogen and oxygen atoms in total. The van der Waals surface area contributed by atoms with Crippen molar-refractivity contribution in [3.8, 4) is 5.75 Å². The molecule has 2 fully saturated rings. The molecule has 9 heteroatoms. The van der Waals surface area contributed by atoms with Crippen LogP contribution in [0.5, 0.6) is 5.75 Å². The number of likely N-dealkylation sites (tertiary alicyclic amines) is 1. The highest BCUT2D eigenvalue weighted by atomic mass is 16.5. The maximum atomic E-state index is 14.5. The van der Waals surface area contributed by atoms with Gasteiger partial charge in [0.15, 0.2) is 0 Å². The largest absolute Gasteiger partial charge is 0.494 e. The summed E-state index contributed by atoms with van der Waals surface area (Å²) in [6.07, 6.45) is 11.0. The molecule has 222 valence electrons. The molecule has 1 aromatic rings. The number of amides is 3. The molecule has 4 aliphatic rings. The van der Waals surface area contributed by atoms with Gasteiger partial charge < -0.3 is 29.3 Å². The Bertz CT molecular complexity index is 1210. The number of carbonyl (C=O) groups is 3. The van der Waals surface area contributed by atoms with Gasteiger partial charge in [-0.3, -0.25) is 14.4 Å². The lowest BCUT2D eigenvalue weighted by Gasteiger charge is -2.40. The average Bonchev–Trinajstić information content (AvgIpc) is 3.28. The number of ether oxygens (including phenoxy) is 2. The van der Waals surface area contributed by atoms with Gasteiger partial charge >= 0.3 is 0 Å². The molecule has 5 rings (SSSR count). The van der Waals surface area contributed by atoms with Gasteiger partial charge in [-0.05, 0) is 51.0 Å². The van der Waals surface area contributed by atoms with Gasteiger partial charge in [-0.2, -0.15) is 0 Å². The number of hydrogen-bond donors (Lipinski definition) is 1. The SMILES string of the molecule is CCCCCN1CC=C[C@]23O[C@]4(CC)C=CCN(c5ccc(OCC)cc5)C(=O)[C@@H]4[C@H]2C(=O)N([C@H](C)CO)C3C1=O. The topological polar surface area (TPSA) is 99.6 Å². The molecule has 41 heavy (non-hydrogen) atoms. The van der Waals surface area contributed by atoms with Crippen LogP contribution in [0.15, 0.2) is 48.6 Å². The number of nitrogens with zero attached hydrogens (tertiary/aromatic N) is 3. The van der Waals surface area contributed by atoms with E-state index < -0.39 is 35.1 Å². The summed E-state index contributed by atoms with van der Waals surface area (Å²) in [6.45, 7) is 9.31. The molecule has 1 unspecified atom stereocenters. The van der Waals surface area contributed by atoms with Crippen LogP contribution in [0, 0.1) is 11.8 Å². The lowest BCUT2D eigenvalue weighted by atomic mass is 9.73. The van der Waals surface area contributed by atoms with Crippen molar-refractivity contribution < 1.29 is 29.0 Å². The number of unbranched alkanes of at least 4 members (excludes halogenated alkanes) is 2. The molecule has 1 spiro atoms. The van der Waals surface area contributed by atoms with E-state index in [1.807, 2.05) is 62.4 Å². The van der Waals surface area contributed by atoms with E-state index in [0.717, 1.165) is 19.3 Å². The number of aliphatic hydroxyl groups is 1. The van der Waals surface area contributed by atoms with Gasteiger partial charge in [0.2, 0.25) is 17.7 Å². The molecule has 4 aliphatic heterocycles. The van der Waals surface area contributed by atoms with E-state index in [4.69, 9.17) is 9.47 Å². The molecule has 6 atom stereocenters. The summed E-state index contributed by atoms with van der Waals surface area (Å²) >= 11 is 0. The number of aliphatic hydroxyl groups excluding tert-OH is 1. The summed E-state index contributed by atoms with van der Waals surface area (Å²) in [5.74, 6) is -1.75. The van der Waals surface area contributed by atoms with Gasteiger partial charge in [0, 0.05) is 25.3 Å². The second kappa shape index (κ2) is 11.6. The molecule has 0 aromatic heterocycles. The molecule has 0 saturated carbocycles. The Morgan fingerprint density at radius 2 is 1.71 bits per heavy atom. The third-order valence-corrected chi connectivity index (χ3v) is 9.19. The van der Waals surface area contributed by atoms with Crippen LogP contribution in [0.4, 0.5) is 5.69 Å². The highest BCUT2D eigenvalue weighted by Crippen LogP contribution is 2.59. The van der Waals surface area contributed by atoms with Crippen LogP contribution in [-0.2, 0) is 19.1 Å². The number of carbonyl (C=O) groups excluding carboxylic acids is 3. The standard InChI is InChI=1S/C32H43N3O6/c1-5-8-9-18-33-19-11-17-32-26(29(38)35(22(4)21-36)27(32)30(33)39)25-28(37)34(20-10-16-31(25,6-2)41-32)23-12-14-24(15-13-23)40-7-3/h10-17,22,25-27,36H,5-9,18-21H2,1-4H3/t22-,25+,26+,27?,31-,32+/m1/s1. The van der Waals surface area contributed by atoms with Gasteiger partial charge in [0.25, 0.3) is 0 Å². The van der Waals surface area contributed by atoms with Crippen LogP contribution in [0.25, 0.3) is 0 Å². The molecule has 1 N–H and O–H groups in total. The number of anilines is 1. The Morgan fingerprint density at radius 3 is 2.37 bits per heavy atom. The third kappa shape index (κ3) is 4.67. The number of fused-ring (bicyclic) bond motifs is 2. The fourth-order valence-corrected chi connectivity index (χ4v) is 7.18. The Labute approximate surface area is 242 Å². The number of rotatable bonds is 10. The van der Waals surface area contributed by atoms with Crippen molar-refractivity contribution in [3.63, 3.8) is 0 Å². The van der Waals surface area contributed by atoms with E-state index >= 15 is 0 Å². The van der Waals surface area contributed by atoms with Crippen molar-refractivity contribution >= 4 is 23.4 Å². The maximum Gasteiger partial charge on any atom is 0.249 e. The summed E-state index contributed by atoms with van der Waals surface area (Å²) in [5.41, 5.74) is -1.67. The van der Waals surface area contributed by atoms with Crippen LogP contribution >= 0.6 is 0 Å². The van der Waals surface area contributed by atoms with Crippen LogP contribution in [0.3, 0.4) is 0 Å². The monoisotopic (exact) mass is 565 g/mol. The van der Waals surface area contributed by atoms with E-state index in [9.17, 15) is 19.5 Å². The molecule has 4 heterocycles. The molecular formula is C32H43N3O6. The lowest BCUT2D eigenvalue weighted by Crippen LogP contribution is -2.58. The molecular weight excluding hydrogens is 522 g/mol. The quantitative estimate of drug-likeness (QED) is 0.345. The zero-order valence-electron chi connectivity index (χ0n) is 24.6. The van der Waals surface area contributed by atoms with Crippen LogP contribution < -0.4 is 9.64 Å². The molecule has 2 saturated heterocycles. The van der Waals surface area contributed by atoms with Crippen molar-refractivity contribution in [2.45, 2.75) is 76.7 Å². The molecule has 1 aromatic carbocycles. The summed E-state index contributed by atoms with van der Waals surface area (Å²) in [7, 11) is 0. The van der Waals surface area contributed by atoms with Gasteiger partial charge in [0.05, 0.1) is 36.7 Å². The first-order chi connectivity index (χ1) is 19.8. The Kier molecular flexibility index (Phi) is 8.30.